The highest BCUT2D eigenvalue weighted by Gasteiger charge is 2.11. The monoisotopic (exact) mass is 250 g/mol. The normalized spacial score (nSPS) is 12.7. The summed E-state index contributed by atoms with van der Waals surface area (Å²) in [5.74, 6) is 0.870. The Morgan fingerprint density at radius 1 is 1.41 bits per heavy atom. The largest absolute Gasteiger partial charge is 0.324 e. The molecular formula is C12H15ClN4. The lowest BCUT2D eigenvalue weighted by Crippen LogP contribution is -2.16. The van der Waals surface area contributed by atoms with Crippen molar-refractivity contribution in [3.05, 3.63) is 46.5 Å². The van der Waals surface area contributed by atoms with Crippen molar-refractivity contribution in [3.63, 3.8) is 0 Å². The number of benzene rings is 1. The van der Waals surface area contributed by atoms with Gasteiger partial charge in [-0.3, -0.25) is 4.68 Å². The molecule has 1 atom stereocenters. The predicted octanol–water partition coefficient (Wildman–Crippen LogP) is 2.02. The molecule has 0 radical (unpaired) electrons. The second kappa shape index (κ2) is 4.85. The molecule has 0 spiro atoms. The molecule has 1 unspecified atom stereocenters. The van der Waals surface area contributed by atoms with Crippen LogP contribution >= 0.6 is 11.6 Å². The van der Waals surface area contributed by atoms with E-state index in [-0.39, 0.29) is 6.04 Å². The molecule has 0 saturated heterocycles. The molecule has 0 saturated carbocycles. The summed E-state index contributed by atoms with van der Waals surface area (Å²) in [6.07, 6.45) is 2.18. The van der Waals surface area contributed by atoms with Crippen molar-refractivity contribution in [2.75, 3.05) is 0 Å². The van der Waals surface area contributed by atoms with Crippen LogP contribution in [0, 0.1) is 6.92 Å². The van der Waals surface area contributed by atoms with Gasteiger partial charge in [0, 0.05) is 24.5 Å². The molecule has 90 valence electrons. The van der Waals surface area contributed by atoms with Crippen LogP contribution in [-0.2, 0) is 13.5 Å². The molecule has 1 aromatic carbocycles. The third-order valence-corrected chi connectivity index (χ3v) is 2.92. The lowest BCUT2D eigenvalue weighted by molar-refractivity contribution is 0.629. The first-order chi connectivity index (χ1) is 8.06. The molecule has 0 amide bonds. The summed E-state index contributed by atoms with van der Waals surface area (Å²) >= 11 is 6.02. The highest BCUT2D eigenvalue weighted by atomic mass is 35.5. The summed E-state index contributed by atoms with van der Waals surface area (Å²) in [5, 5.41) is 4.74. The molecule has 2 aromatic rings. The van der Waals surface area contributed by atoms with E-state index < -0.39 is 0 Å². The molecule has 4 nitrogen and oxygen atoms in total. The Hall–Kier alpha value is -1.39. The number of hydrogen-bond acceptors (Lipinski definition) is 3. The number of nitrogens with zero attached hydrogens (tertiary/aromatic N) is 3. The number of nitrogens with two attached hydrogens (primary N) is 1. The van der Waals surface area contributed by atoms with Crippen LogP contribution in [0.1, 0.15) is 23.0 Å². The average molecular weight is 251 g/mol. The van der Waals surface area contributed by atoms with Crippen LogP contribution in [0.3, 0.4) is 0 Å². The summed E-state index contributed by atoms with van der Waals surface area (Å²) in [6.45, 7) is 2.00. The lowest BCUT2D eigenvalue weighted by Gasteiger charge is -2.12. The van der Waals surface area contributed by atoms with E-state index in [9.17, 15) is 0 Å². The number of aromatic nitrogens is 3. The fraction of sp³-hybridized carbons (Fsp3) is 0.333. The van der Waals surface area contributed by atoms with Gasteiger partial charge in [-0.1, -0.05) is 17.7 Å². The Morgan fingerprint density at radius 2 is 2.18 bits per heavy atom. The van der Waals surface area contributed by atoms with E-state index in [1.165, 1.54) is 6.33 Å². The van der Waals surface area contributed by atoms with Crippen LogP contribution in [-0.4, -0.2) is 14.8 Å². The first kappa shape index (κ1) is 12.1. The third kappa shape index (κ3) is 2.84. The minimum absolute atomic E-state index is 0.115. The first-order valence-corrected chi connectivity index (χ1v) is 5.79. The van der Waals surface area contributed by atoms with Crippen LogP contribution in [0.5, 0.6) is 0 Å². The van der Waals surface area contributed by atoms with Crippen molar-refractivity contribution in [3.8, 4) is 0 Å². The predicted molar refractivity (Wildman–Crippen MR) is 67.8 cm³/mol. The summed E-state index contributed by atoms with van der Waals surface area (Å²) in [7, 11) is 1.86. The van der Waals surface area contributed by atoms with Gasteiger partial charge >= 0.3 is 0 Å². The maximum atomic E-state index is 6.15. The Morgan fingerprint density at radius 3 is 2.76 bits per heavy atom. The molecular weight excluding hydrogens is 236 g/mol. The van der Waals surface area contributed by atoms with Gasteiger partial charge in [0.05, 0.1) is 0 Å². The number of rotatable bonds is 3. The van der Waals surface area contributed by atoms with Crippen molar-refractivity contribution in [1.29, 1.82) is 0 Å². The highest BCUT2D eigenvalue weighted by Crippen LogP contribution is 2.21. The van der Waals surface area contributed by atoms with Crippen LogP contribution in [0.2, 0.25) is 5.02 Å². The molecule has 1 heterocycles. The molecule has 0 aliphatic heterocycles. The van der Waals surface area contributed by atoms with E-state index in [1.807, 2.05) is 32.2 Å². The molecule has 0 fully saturated rings. The van der Waals surface area contributed by atoms with Gasteiger partial charge in [0.1, 0.15) is 12.2 Å². The second-order valence-electron chi connectivity index (χ2n) is 4.17. The van der Waals surface area contributed by atoms with Crippen LogP contribution in [0.25, 0.3) is 0 Å². The summed E-state index contributed by atoms with van der Waals surface area (Å²) < 4.78 is 1.73. The van der Waals surface area contributed by atoms with E-state index in [0.29, 0.717) is 11.4 Å². The number of aryl methyl sites for hydroxylation is 2. The van der Waals surface area contributed by atoms with Crippen molar-refractivity contribution in [2.24, 2.45) is 12.8 Å². The van der Waals surface area contributed by atoms with Crippen LogP contribution < -0.4 is 5.73 Å². The van der Waals surface area contributed by atoms with Crippen molar-refractivity contribution in [1.82, 2.24) is 14.8 Å². The van der Waals surface area contributed by atoms with Crippen LogP contribution in [0.15, 0.2) is 24.5 Å². The molecule has 1 aromatic heterocycles. The zero-order valence-electron chi connectivity index (χ0n) is 9.89. The summed E-state index contributed by atoms with van der Waals surface area (Å²) in [4.78, 5) is 4.16. The average Bonchev–Trinajstić information content (AvgIpc) is 2.63. The van der Waals surface area contributed by atoms with Gasteiger partial charge in [-0.2, -0.15) is 5.10 Å². The molecule has 0 aliphatic carbocycles. The fourth-order valence-corrected chi connectivity index (χ4v) is 2.10. The maximum Gasteiger partial charge on any atom is 0.138 e. The topological polar surface area (TPSA) is 56.7 Å². The van der Waals surface area contributed by atoms with Gasteiger partial charge < -0.3 is 5.73 Å². The van der Waals surface area contributed by atoms with Gasteiger partial charge in [0.15, 0.2) is 0 Å². The molecule has 0 aliphatic rings. The Kier molecular flexibility index (Phi) is 3.45. The van der Waals surface area contributed by atoms with E-state index in [1.54, 1.807) is 4.68 Å². The molecule has 2 rings (SSSR count). The Bertz CT molecular complexity index is 501. The minimum Gasteiger partial charge on any atom is -0.324 e. The molecule has 17 heavy (non-hydrogen) atoms. The standard InChI is InChI=1S/C12H15ClN4/c1-8-3-9(5-10(13)4-8)11(14)6-12-15-7-16-17(12)2/h3-5,7,11H,6,14H2,1-2H3. The maximum absolute atomic E-state index is 6.15. The van der Waals surface area contributed by atoms with Crippen molar-refractivity contribution in [2.45, 2.75) is 19.4 Å². The quantitative estimate of drug-likeness (QED) is 0.907. The van der Waals surface area contributed by atoms with E-state index >= 15 is 0 Å². The number of halogens is 1. The first-order valence-electron chi connectivity index (χ1n) is 5.42. The zero-order chi connectivity index (χ0) is 12.4. The molecule has 5 heteroatoms. The van der Waals surface area contributed by atoms with E-state index in [4.69, 9.17) is 17.3 Å². The fourth-order valence-electron chi connectivity index (χ4n) is 1.80. The Balaban J connectivity index is 2.20. The summed E-state index contributed by atoms with van der Waals surface area (Å²) in [6, 6.07) is 5.75. The van der Waals surface area contributed by atoms with E-state index in [2.05, 4.69) is 10.1 Å². The van der Waals surface area contributed by atoms with Crippen LogP contribution in [0.4, 0.5) is 0 Å². The van der Waals surface area contributed by atoms with Gasteiger partial charge in [-0.05, 0) is 30.2 Å². The third-order valence-electron chi connectivity index (χ3n) is 2.70. The minimum atomic E-state index is -0.115. The zero-order valence-corrected chi connectivity index (χ0v) is 10.6. The smallest absolute Gasteiger partial charge is 0.138 e. The number of hydrogen-bond donors (Lipinski definition) is 1. The van der Waals surface area contributed by atoms with Gasteiger partial charge in [-0.25, -0.2) is 4.98 Å². The van der Waals surface area contributed by atoms with Gasteiger partial charge in [-0.15, -0.1) is 0 Å². The van der Waals surface area contributed by atoms with Gasteiger partial charge in [0.25, 0.3) is 0 Å². The van der Waals surface area contributed by atoms with Crippen molar-refractivity contribution < 1.29 is 0 Å². The molecule has 0 bridgehead atoms. The Labute approximate surface area is 105 Å². The lowest BCUT2D eigenvalue weighted by atomic mass is 10.0. The highest BCUT2D eigenvalue weighted by molar-refractivity contribution is 6.30. The second-order valence-corrected chi connectivity index (χ2v) is 4.61. The van der Waals surface area contributed by atoms with Crippen molar-refractivity contribution >= 4 is 11.6 Å². The van der Waals surface area contributed by atoms with E-state index in [0.717, 1.165) is 17.0 Å². The summed E-state index contributed by atoms with van der Waals surface area (Å²) in [5.41, 5.74) is 8.29. The SMILES string of the molecule is Cc1cc(Cl)cc(C(N)Cc2ncnn2C)c1. The molecule has 2 N–H and O–H groups in total. The van der Waals surface area contributed by atoms with Gasteiger partial charge in [0.2, 0.25) is 0 Å².